The molecule has 11 rings (SSSR count). The Bertz CT molecular complexity index is 2460. The van der Waals surface area contributed by atoms with Crippen LogP contribution < -0.4 is 10.1 Å². The molecule has 0 spiro atoms. The van der Waals surface area contributed by atoms with Gasteiger partial charge >= 0.3 is 5.97 Å². The number of hydrogen-bond donors (Lipinski definition) is 5. The molecule has 1 unspecified atom stereocenters. The molecular formula is C53H70N2O18. The highest BCUT2D eigenvalue weighted by molar-refractivity contribution is 6.30. The zero-order chi connectivity index (χ0) is 53.4. The number of phenols is 1. The first kappa shape index (κ1) is 55.4. The van der Waals surface area contributed by atoms with Crippen molar-refractivity contribution in [2.24, 2.45) is 29.1 Å². The first-order valence-electron chi connectivity index (χ1n) is 24.9. The van der Waals surface area contributed by atoms with Crippen molar-refractivity contribution in [2.75, 3.05) is 33.1 Å². The molecule has 1 aromatic carbocycles. The summed E-state index contributed by atoms with van der Waals surface area (Å²) in [4.78, 5) is 84.3. The average molecular weight is 1020 g/mol. The lowest BCUT2D eigenvalue weighted by Crippen LogP contribution is -2.49. The Morgan fingerprint density at radius 3 is 2.30 bits per heavy atom. The number of esters is 1. The fraction of sp³-hybridized carbons (Fsp3) is 0.623. The summed E-state index contributed by atoms with van der Waals surface area (Å²) in [5.41, 5.74) is -2.89. The van der Waals surface area contributed by atoms with Crippen LogP contribution in [-0.2, 0) is 47.5 Å². The minimum absolute atomic E-state index is 0.0178. The fourth-order valence-corrected chi connectivity index (χ4v) is 10.2. The van der Waals surface area contributed by atoms with Crippen LogP contribution in [-0.4, -0.2) is 154 Å². The Balaban J connectivity index is 1.24. The predicted octanol–water partition coefficient (Wildman–Crippen LogP) is 3.88. The molecular weight excluding hydrogens is 953 g/mol. The highest BCUT2D eigenvalue weighted by Crippen LogP contribution is 2.46. The van der Waals surface area contributed by atoms with Gasteiger partial charge in [-0.05, 0) is 47.6 Å². The zero-order valence-corrected chi connectivity index (χ0v) is 43.1. The number of ether oxygens (including phenoxy) is 8. The van der Waals surface area contributed by atoms with E-state index in [-0.39, 0.29) is 60.2 Å². The van der Waals surface area contributed by atoms with Crippen LogP contribution in [0.4, 0.5) is 0 Å². The number of ketones is 3. The molecule has 5 N–H and O–H groups in total. The summed E-state index contributed by atoms with van der Waals surface area (Å²) in [5.74, 6) is -10.6. The summed E-state index contributed by atoms with van der Waals surface area (Å²) in [6.07, 6.45) is -0.674. The van der Waals surface area contributed by atoms with Crippen molar-refractivity contribution in [1.29, 1.82) is 0 Å². The maximum absolute atomic E-state index is 14.1. The first-order chi connectivity index (χ1) is 34.3. The van der Waals surface area contributed by atoms with Crippen LogP contribution >= 0.6 is 0 Å². The Kier molecular flexibility index (Phi) is 16.9. The molecule has 20 heteroatoms. The number of morpholine rings is 1. The quantitative estimate of drug-likeness (QED) is 0.243. The molecule has 1 aromatic rings. The van der Waals surface area contributed by atoms with Gasteiger partial charge in [0.15, 0.2) is 17.9 Å². The van der Waals surface area contributed by atoms with Crippen LogP contribution in [0.2, 0.25) is 0 Å². The van der Waals surface area contributed by atoms with E-state index in [1.165, 1.54) is 51.3 Å². The van der Waals surface area contributed by atoms with E-state index in [9.17, 15) is 49.2 Å². The van der Waals surface area contributed by atoms with Gasteiger partial charge in [-0.25, -0.2) is 0 Å². The Labute approximate surface area is 424 Å². The lowest BCUT2D eigenvalue weighted by atomic mass is 9.77. The van der Waals surface area contributed by atoms with Crippen LogP contribution in [0.25, 0.3) is 0 Å². The summed E-state index contributed by atoms with van der Waals surface area (Å²) >= 11 is 0. The van der Waals surface area contributed by atoms with Crippen LogP contribution in [0.5, 0.6) is 11.5 Å². The van der Waals surface area contributed by atoms with Crippen molar-refractivity contribution in [2.45, 2.75) is 149 Å². The van der Waals surface area contributed by atoms with Gasteiger partial charge in [0.2, 0.25) is 11.7 Å². The Hall–Kier alpha value is -5.32. The van der Waals surface area contributed by atoms with Gasteiger partial charge in [0.25, 0.3) is 11.7 Å². The Morgan fingerprint density at radius 2 is 1.60 bits per heavy atom. The molecule has 0 aromatic heterocycles. The van der Waals surface area contributed by atoms with Crippen LogP contribution in [0, 0.1) is 36.0 Å². The van der Waals surface area contributed by atoms with Crippen LogP contribution in [0.15, 0.2) is 47.9 Å². The number of phenolic OH excluding ortho intramolecular Hbond substituents is 1. The third kappa shape index (κ3) is 11.7. The normalized spacial score (nSPS) is 35.5. The van der Waals surface area contributed by atoms with Gasteiger partial charge in [0.1, 0.15) is 30.5 Å². The maximum atomic E-state index is 14.1. The molecule has 3 saturated heterocycles. The van der Waals surface area contributed by atoms with Gasteiger partial charge < -0.3 is 68.5 Å². The summed E-state index contributed by atoms with van der Waals surface area (Å²) in [6.45, 7) is 17.3. The molecule has 0 radical (unpaired) electrons. The SMILES string of the molecule is C/C1=C/C=C/[C@H](C(C)OC(=O)C(C)(C)CC(=O)N2CCOCC2)[C@H](O)[C@@H](C)[C@@H](O)[C@@H](C)[C@H](O)[C@H](C)[C@@H](O[C@H]2C[C@@H]3OCO[C@@H]3[C@@H](C)O2)/C=C/O[C@]2(C)CC(=O)c3c(c(C)c(O)c4c3C(=O)C=C(NC1=O)C4=O)O2. The van der Waals surface area contributed by atoms with E-state index in [2.05, 4.69) is 5.32 Å². The summed E-state index contributed by atoms with van der Waals surface area (Å²) in [7, 11) is 0. The largest absolute Gasteiger partial charge is 0.507 e. The van der Waals surface area contributed by atoms with Gasteiger partial charge in [-0.2, -0.15) is 0 Å². The van der Waals surface area contributed by atoms with Crippen molar-refractivity contribution in [3.63, 3.8) is 0 Å². The summed E-state index contributed by atoms with van der Waals surface area (Å²) < 4.78 is 48.0. The second-order valence-corrected chi connectivity index (χ2v) is 21.0. The van der Waals surface area contributed by atoms with Crippen molar-refractivity contribution in [3.05, 3.63) is 70.2 Å². The maximum Gasteiger partial charge on any atom is 0.312 e. The van der Waals surface area contributed by atoms with E-state index in [1.807, 2.05) is 6.92 Å². The Morgan fingerprint density at radius 1 is 0.932 bits per heavy atom. The first-order valence-corrected chi connectivity index (χ1v) is 24.9. The minimum Gasteiger partial charge on any atom is -0.507 e. The molecule has 3 fully saturated rings. The van der Waals surface area contributed by atoms with Gasteiger partial charge in [0.05, 0.1) is 90.3 Å². The fourth-order valence-electron chi connectivity index (χ4n) is 10.2. The van der Waals surface area contributed by atoms with Crippen molar-refractivity contribution < 1.29 is 87.1 Å². The van der Waals surface area contributed by atoms with Crippen LogP contribution in [0.3, 0.4) is 0 Å². The lowest BCUT2D eigenvalue weighted by Gasteiger charge is -2.40. The van der Waals surface area contributed by atoms with E-state index in [0.29, 0.717) is 26.3 Å². The third-order valence-corrected chi connectivity index (χ3v) is 15.0. The standard InChI is InChI=1S/C53H70N2O18/c1-25-12-11-13-32(30(6)71-51(65)52(8,9)23-38(58)55-15-18-66-19-16-55)45(61)28(4)44(60)27(3)43(59)26(2)36(72-39-21-37-49(31(7)70-39)68-24-67-37)14-17-69-53(10)22-35(57)41-40-34(56)20-33(54-50(25)64)47(63)42(40)46(62)29(5)48(41)73-53/h11-14,17,20,26-28,30-32,36-37,39,43-45,49,59-62H,15-16,18-19,21-24H2,1-10H3,(H,54,64)/b13-11+,17-14+,25-12-/t26-,27+,28+,30?,31-,32-,36+,37+,39+,43-,44+,45-,49-,53+/m1/s1. The van der Waals surface area contributed by atoms with E-state index >= 15 is 0 Å². The number of Topliss-reactive ketones (excluding diaryl/α,β-unsaturated/α-hetero) is 2. The lowest BCUT2D eigenvalue weighted by molar-refractivity contribution is -0.245. The molecule has 9 heterocycles. The van der Waals surface area contributed by atoms with Crippen molar-refractivity contribution in [1.82, 2.24) is 10.2 Å². The second kappa shape index (κ2) is 22.3. The number of allylic oxidation sites excluding steroid dienone is 4. The number of aromatic hydroxyl groups is 1. The summed E-state index contributed by atoms with van der Waals surface area (Å²) in [5, 5.41) is 50.2. The van der Waals surface area contributed by atoms with Crippen molar-refractivity contribution in [3.8, 4) is 11.5 Å². The number of nitrogens with zero attached hydrogens (tertiary/aromatic N) is 1. The number of aliphatic hydroxyl groups is 3. The van der Waals surface area contributed by atoms with Crippen molar-refractivity contribution >= 4 is 35.1 Å². The smallest absolute Gasteiger partial charge is 0.312 e. The molecule has 73 heavy (non-hydrogen) atoms. The van der Waals surface area contributed by atoms with E-state index in [4.69, 9.17) is 37.9 Å². The zero-order valence-electron chi connectivity index (χ0n) is 43.1. The molecule has 10 aliphatic rings. The monoisotopic (exact) mass is 1020 g/mol. The number of aliphatic hydroxyl groups excluding tert-OH is 3. The number of fused-ring (bicyclic) bond motifs is 2. The number of rotatable bonds is 7. The second-order valence-electron chi connectivity index (χ2n) is 21.0. The molecule has 0 saturated carbocycles. The van der Waals surface area contributed by atoms with Gasteiger partial charge in [-0.3, -0.25) is 28.8 Å². The number of carbonyl (C=O) groups is 6. The topological polar surface area (TPSA) is 272 Å². The highest BCUT2D eigenvalue weighted by Gasteiger charge is 2.48. The van der Waals surface area contributed by atoms with E-state index in [1.54, 1.807) is 46.4 Å². The summed E-state index contributed by atoms with van der Waals surface area (Å²) in [6, 6.07) is 0. The molecule has 6 bridgehead atoms. The number of hydrogen-bond acceptors (Lipinski definition) is 18. The average Bonchev–Trinajstić information content (AvgIpc) is 3.83. The number of benzene rings is 1. The van der Waals surface area contributed by atoms with E-state index < -0.39 is 136 Å². The molecule has 2 amide bonds. The van der Waals surface area contributed by atoms with Gasteiger partial charge in [-0.15, -0.1) is 0 Å². The molecule has 400 valence electrons. The van der Waals surface area contributed by atoms with Gasteiger partial charge in [0, 0.05) is 73.7 Å². The predicted molar refractivity (Wildman–Crippen MR) is 258 cm³/mol. The highest BCUT2D eigenvalue weighted by atomic mass is 16.7. The number of amides is 2. The molecule has 1 aliphatic carbocycles. The van der Waals surface area contributed by atoms with Crippen LogP contribution in [0.1, 0.15) is 118 Å². The molecule has 9 aliphatic heterocycles. The van der Waals surface area contributed by atoms with Gasteiger partial charge in [-0.1, -0.05) is 39.0 Å². The number of carbonyl (C=O) groups excluding carboxylic acids is 6. The van der Waals surface area contributed by atoms with E-state index in [0.717, 1.165) is 6.08 Å². The molecule has 14 atom stereocenters. The number of nitrogens with one attached hydrogen (secondary N) is 1. The third-order valence-electron chi connectivity index (χ3n) is 15.0. The minimum atomic E-state index is -1.73. The molecule has 20 nitrogen and oxygen atoms in total.